The lowest BCUT2D eigenvalue weighted by Crippen LogP contribution is -2.21. The van der Waals surface area contributed by atoms with Crippen molar-refractivity contribution in [2.45, 2.75) is 31.7 Å². The lowest BCUT2D eigenvalue weighted by Gasteiger charge is -2.19. The molecule has 0 aliphatic carbocycles. The van der Waals surface area contributed by atoms with Gasteiger partial charge >= 0.3 is 0 Å². The molecule has 3 rings (SSSR count). The SMILES string of the molecule is NC(c1ccc2c(c1)CCCC(=O)N2)C1CCOC1. The molecule has 4 heteroatoms. The minimum Gasteiger partial charge on any atom is -0.381 e. The summed E-state index contributed by atoms with van der Waals surface area (Å²) in [6.07, 6.45) is 3.49. The Bertz CT molecular complexity index is 481. The van der Waals surface area contributed by atoms with Crippen LogP contribution in [0, 0.1) is 5.92 Å². The number of nitrogens with two attached hydrogens (primary N) is 1. The number of carbonyl (C=O) groups is 1. The molecule has 0 spiro atoms. The highest BCUT2D eigenvalue weighted by Gasteiger charge is 2.24. The molecule has 1 saturated heterocycles. The molecule has 0 saturated carbocycles. The van der Waals surface area contributed by atoms with Crippen LogP contribution in [0.25, 0.3) is 0 Å². The van der Waals surface area contributed by atoms with Crippen molar-refractivity contribution in [1.29, 1.82) is 0 Å². The molecule has 0 bridgehead atoms. The zero-order valence-corrected chi connectivity index (χ0v) is 11.0. The third kappa shape index (κ3) is 2.65. The van der Waals surface area contributed by atoms with Crippen LogP contribution >= 0.6 is 0 Å². The Balaban J connectivity index is 1.84. The van der Waals surface area contributed by atoms with E-state index in [4.69, 9.17) is 10.5 Å². The highest BCUT2D eigenvalue weighted by molar-refractivity contribution is 5.92. The van der Waals surface area contributed by atoms with Gasteiger partial charge in [0.1, 0.15) is 0 Å². The number of fused-ring (bicyclic) bond motifs is 1. The molecule has 102 valence electrons. The normalized spacial score (nSPS) is 24.5. The van der Waals surface area contributed by atoms with Gasteiger partial charge < -0.3 is 15.8 Å². The van der Waals surface area contributed by atoms with E-state index >= 15 is 0 Å². The number of nitrogens with one attached hydrogen (secondary N) is 1. The van der Waals surface area contributed by atoms with Gasteiger partial charge in [0.15, 0.2) is 0 Å². The van der Waals surface area contributed by atoms with E-state index in [0.717, 1.165) is 43.7 Å². The van der Waals surface area contributed by atoms with Crippen LogP contribution in [0.2, 0.25) is 0 Å². The second-order valence-corrected chi connectivity index (χ2v) is 5.47. The molecule has 2 aliphatic rings. The average molecular weight is 260 g/mol. The molecule has 1 fully saturated rings. The average Bonchev–Trinajstić information content (AvgIpc) is 2.87. The molecule has 2 aliphatic heterocycles. The number of anilines is 1. The van der Waals surface area contributed by atoms with Gasteiger partial charge in [0, 0.05) is 30.7 Å². The van der Waals surface area contributed by atoms with E-state index in [1.165, 1.54) is 5.56 Å². The van der Waals surface area contributed by atoms with Crippen LogP contribution < -0.4 is 11.1 Å². The minimum absolute atomic E-state index is 0.0340. The van der Waals surface area contributed by atoms with E-state index in [1.54, 1.807) is 0 Å². The first kappa shape index (κ1) is 12.6. The topological polar surface area (TPSA) is 64.4 Å². The van der Waals surface area contributed by atoms with Gasteiger partial charge in [-0.2, -0.15) is 0 Å². The molecule has 1 aromatic carbocycles. The number of rotatable bonds is 2. The van der Waals surface area contributed by atoms with Crippen LogP contribution in [0.15, 0.2) is 18.2 Å². The maximum absolute atomic E-state index is 11.5. The van der Waals surface area contributed by atoms with Crippen molar-refractivity contribution in [2.75, 3.05) is 18.5 Å². The minimum atomic E-state index is 0.0340. The van der Waals surface area contributed by atoms with Crippen molar-refractivity contribution in [2.24, 2.45) is 11.7 Å². The summed E-state index contributed by atoms with van der Waals surface area (Å²) in [6.45, 7) is 1.58. The van der Waals surface area contributed by atoms with Crippen molar-refractivity contribution in [3.8, 4) is 0 Å². The van der Waals surface area contributed by atoms with Crippen LogP contribution in [-0.4, -0.2) is 19.1 Å². The van der Waals surface area contributed by atoms with Gasteiger partial charge in [0.25, 0.3) is 0 Å². The number of hydrogen-bond acceptors (Lipinski definition) is 3. The van der Waals surface area contributed by atoms with Gasteiger partial charge in [-0.25, -0.2) is 0 Å². The quantitative estimate of drug-likeness (QED) is 0.854. The van der Waals surface area contributed by atoms with Gasteiger partial charge in [-0.1, -0.05) is 12.1 Å². The van der Waals surface area contributed by atoms with E-state index in [0.29, 0.717) is 12.3 Å². The van der Waals surface area contributed by atoms with Crippen molar-refractivity contribution in [1.82, 2.24) is 0 Å². The van der Waals surface area contributed by atoms with E-state index in [1.807, 2.05) is 12.1 Å². The summed E-state index contributed by atoms with van der Waals surface area (Å²) in [5.41, 5.74) is 9.64. The molecular formula is C15H20N2O2. The molecule has 1 amide bonds. The third-order valence-corrected chi connectivity index (χ3v) is 4.11. The van der Waals surface area contributed by atoms with E-state index < -0.39 is 0 Å². The summed E-state index contributed by atoms with van der Waals surface area (Å²) in [6, 6.07) is 6.22. The van der Waals surface area contributed by atoms with Crippen molar-refractivity contribution in [3.05, 3.63) is 29.3 Å². The molecule has 19 heavy (non-hydrogen) atoms. The van der Waals surface area contributed by atoms with Gasteiger partial charge in [0.2, 0.25) is 5.91 Å². The highest BCUT2D eigenvalue weighted by atomic mass is 16.5. The summed E-state index contributed by atoms with van der Waals surface area (Å²) in [4.78, 5) is 11.5. The first-order valence-corrected chi connectivity index (χ1v) is 7.00. The molecule has 2 atom stereocenters. The van der Waals surface area contributed by atoms with Gasteiger partial charge in [-0.3, -0.25) is 4.79 Å². The summed E-state index contributed by atoms with van der Waals surface area (Å²) in [7, 11) is 0. The maximum Gasteiger partial charge on any atom is 0.224 e. The van der Waals surface area contributed by atoms with Crippen LogP contribution in [0.1, 0.15) is 36.4 Å². The van der Waals surface area contributed by atoms with Crippen LogP contribution in [0.4, 0.5) is 5.69 Å². The Kier molecular flexibility index (Phi) is 3.53. The smallest absolute Gasteiger partial charge is 0.224 e. The predicted molar refractivity (Wildman–Crippen MR) is 73.9 cm³/mol. The van der Waals surface area contributed by atoms with Crippen LogP contribution in [0.3, 0.4) is 0 Å². The molecule has 1 aromatic rings. The molecule has 3 N–H and O–H groups in total. The number of carbonyl (C=O) groups excluding carboxylic acids is 1. The Morgan fingerprint density at radius 3 is 3.05 bits per heavy atom. The summed E-state index contributed by atoms with van der Waals surface area (Å²) >= 11 is 0. The number of amides is 1. The Morgan fingerprint density at radius 2 is 2.26 bits per heavy atom. The van der Waals surface area contributed by atoms with Gasteiger partial charge in [-0.05, 0) is 36.5 Å². The Labute approximate surface area is 113 Å². The Morgan fingerprint density at radius 1 is 1.37 bits per heavy atom. The second kappa shape index (κ2) is 5.31. The fourth-order valence-electron chi connectivity index (χ4n) is 2.91. The molecular weight excluding hydrogens is 240 g/mol. The zero-order valence-electron chi connectivity index (χ0n) is 11.0. The van der Waals surface area contributed by atoms with E-state index in [2.05, 4.69) is 11.4 Å². The van der Waals surface area contributed by atoms with Crippen molar-refractivity contribution < 1.29 is 9.53 Å². The molecule has 0 radical (unpaired) electrons. The van der Waals surface area contributed by atoms with Crippen molar-refractivity contribution in [3.63, 3.8) is 0 Å². The van der Waals surface area contributed by atoms with E-state index in [9.17, 15) is 4.79 Å². The predicted octanol–water partition coefficient (Wildman–Crippen LogP) is 2.00. The summed E-state index contributed by atoms with van der Waals surface area (Å²) in [5.74, 6) is 0.526. The fraction of sp³-hybridized carbons (Fsp3) is 0.533. The van der Waals surface area contributed by atoms with Crippen LogP contribution in [-0.2, 0) is 16.0 Å². The largest absolute Gasteiger partial charge is 0.381 e. The fourth-order valence-corrected chi connectivity index (χ4v) is 2.91. The Hall–Kier alpha value is -1.39. The summed E-state index contributed by atoms with van der Waals surface area (Å²) in [5, 5.41) is 2.95. The molecule has 2 heterocycles. The molecule has 0 aromatic heterocycles. The first-order valence-electron chi connectivity index (χ1n) is 7.00. The lowest BCUT2D eigenvalue weighted by atomic mass is 9.91. The van der Waals surface area contributed by atoms with E-state index in [-0.39, 0.29) is 11.9 Å². The highest BCUT2D eigenvalue weighted by Crippen LogP contribution is 2.30. The number of hydrogen-bond donors (Lipinski definition) is 2. The third-order valence-electron chi connectivity index (χ3n) is 4.11. The van der Waals surface area contributed by atoms with Gasteiger partial charge in [-0.15, -0.1) is 0 Å². The monoisotopic (exact) mass is 260 g/mol. The standard InChI is InChI=1S/C15H20N2O2/c16-15(12-6-7-19-9-12)11-4-5-13-10(8-11)2-1-3-14(18)17-13/h4-5,8,12,15H,1-3,6-7,9,16H2,(H,17,18). The lowest BCUT2D eigenvalue weighted by molar-refractivity contribution is -0.116. The first-order chi connectivity index (χ1) is 9.24. The number of ether oxygens (including phenoxy) is 1. The second-order valence-electron chi connectivity index (χ2n) is 5.47. The molecule has 2 unspecified atom stereocenters. The molecule has 4 nitrogen and oxygen atoms in total. The summed E-state index contributed by atoms with van der Waals surface area (Å²) < 4.78 is 5.41. The maximum atomic E-state index is 11.5. The van der Waals surface area contributed by atoms with Gasteiger partial charge in [0.05, 0.1) is 6.61 Å². The van der Waals surface area contributed by atoms with Crippen LogP contribution in [0.5, 0.6) is 0 Å². The zero-order chi connectivity index (χ0) is 13.2. The van der Waals surface area contributed by atoms with Crippen molar-refractivity contribution >= 4 is 11.6 Å². The number of benzene rings is 1. The number of aryl methyl sites for hydroxylation is 1.